The predicted molar refractivity (Wildman–Crippen MR) is 79.4 cm³/mol. The Morgan fingerprint density at radius 3 is 2.71 bits per heavy atom. The van der Waals surface area contributed by atoms with Crippen LogP contribution in [-0.2, 0) is 0 Å². The number of fused-ring (bicyclic) bond motifs is 2. The Hall–Kier alpha value is -1.81. The van der Waals surface area contributed by atoms with Crippen molar-refractivity contribution in [2.75, 3.05) is 7.05 Å². The number of hydrogen-bond acceptors (Lipinski definition) is 3. The number of halogens is 1. The Morgan fingerprint density at radius 1 is 1.14 bits per heavy atom. The van der Waals surface area contributed by atoms with Gasteiger partial charge in [0.15, 0.2) is 0 Å². The van der Waals surface area contributed by atoms with E-state index in [0.717, 1.165) is 17.2 Å². The summed E-state index contributed by atoms with van der Waals surface area (Å²) in [5, 5.41) is 0. The van der Waals surface area contributed by atoms with E-state index in [4.69, 9.17) is 0 Å². The fraction of sp³-hybridized carbons (Fsp3) is 0.412. The Balaban J connectivity index is 1.66. The van der Waals surface area contributed by atoms with Gasteiger partial charge in [-0.1, -0.05) is 0 Å². The average molecular weight is 282 g/mol. The standard InChI is InChI=1S/C17H18FN3/c1-21-14-3-4-16(21)15(7-14)13-6-12(8-19-9-13)11-2-5-17(18)20-10-11/h2,5-6,8-10,14-16H,3-4,7H2,1H3/t14-,15+,16+/m0/s1/i1-1. The molecule has 2 aromatic heterocycles. The van der Waals surface area contributed by atoms with Gasteiger partial charge in [0.05, 0.1) is 0 Å². The fourth-order valence-electron chi connectivity index (χ4n) is 3.98. The van der Waals surface area contributed by atoms with Crippen molar-refractivity contribution in [3.05, 3.63) is 48.3 Å². The Kier molecular flexibility index (Phi) is 3.00. The maximum Gasteiger partial charge on any atom is 0.212 e. The number of likely N-dealkylation sites (N-methyl/N-ethyl adjacent to an activating group) is 1. The van der Waals surface area contributed by atoms with E-state index < -0.39 is 5.95 Å². The maximum atomic E-state index is 12.9. The van der Waals surface area contributed by atoms with Crippen molar-refractivity contribution in [1.82, 2.24) is 14.9 Å². The second-order valence-electron chi connectivity index (χ2n) is 6.18. The van der Waals surface area contributed by atoms with Crippen LogP contribution in [0, 0.1) is 5.95 Å². The number of rotatable bonds is 2. The second-order valence-corrected chi connectivity index (χ2v) is 6.18. The van der Waals surface area contributed by atoms with Crippen molar-refractivity contribution in [3.8, 4) is 11.1 Å². The second kappa shape index (κ2) is 4.88. The molecule has 2 aliphatic heterocycles. The SMILES string of the molecule is [11CH3]N1[C@H]2CC[C@@H]1[C@@H](c1cncc(-c3ccc(F)nc3)c1)C2. The van der Waals surface area contributed by atoms with Crippen molar-refractivity contribution in [3.63, 3.8) is 0 Å². The molecule has 0 unspecified atom stereocenters. The zero-order chi connectivity index (χ0) is 14.4. The number of hydrogen-bond donors (Lipinski definition) is 0. The zero-order valence-electron chi connectivity index (χ0n) is 12.0. The van der Waals surface area contributed by atoms with Crippen molar-refractivity contribution >= 4 is 0 Å². The molecule has 2 saturated heterocycles. The third-order valence-electron chi connectivity index (χ3n) is 5.13. The van der Waals surface area contributed by atoms with Gasteiger partial charge in [-0.3, -0.25) is 9.88 Å². The molecule has 2 aromatic rings. The van der Waals surface area contributed by atoms with Crippen LogP contribution in [0.4, 0.5) is 4.39 Å². The van der Waals surface area contributed by atoms with Crippen LogP contribution in [0.1, 0.15) is 30.7 Å². The van der Waals surface area contributed by atoms with E-state index in [0.29, 0.717) is 12.0 Å². The number of pyridine rings is 2. The number of aromatic nitrogens is 2. The first kappa shape index (κ1) is 12.9. The van der Waals surface area contributed by atoms with Crippen molar-refractivity contribution in [2.24, 2.45) is 0 Å². The molecule has 2 bridgehead atoms. The Bertz CT molecular complexity index is 655. The zero-order valence-corrected chi connectivity index (χ0v) is 12.0. The molecule has 0 saturated carbocycles. The summed E-state index contributed by atoms with van der Waals surface area (Å²) < 4.78 is 12.9. The van der Waals surface area contributed by atoms with Crippen LogP contribution in [0.5, 0.6) is 0 Å². The molecule has 0 aromatic carbocycles. The molecule has 0 amide bonds. The molecule has 108 valence electrons. The highest BCUT2D eigenvalue weighted by Gasteiger charge is 2.44. The van der Waals surface area contributed by atoms with Gasteiger partial charge >= 0.3 is 0 Å². The smallest absolute Gasteiger partial charge is 0.212 e. The molecule has 0 aliphatic carbocycles. The van der Waals surface area contributed by atoms with Crippen LogP contribution in [0.15, 0.2) is 36.8 Å². The highest BCUT2D eigenvalue weighted by atomic mass is 19.1. The van der Waals surface area contributed by atoms with Gasteiger partial charge in [0, 0.05) is 47.7 Å². The average Bonchev–Trinajstić information content (AvgIpc) is 3.03. The summed E-state index contributed by atoms with van der Waals surface area (Å²) in [6.45, 7) is 0. The van der Waals surface area contributed by atoms with E-state index in [9.17, 15) is 4.39 Å². The molecule has 0 radical (unpaired) electrons. The normalized spacial score (nSPS) is 28.2. The van der Waals surface area contributed by atoms with Crippen LogP contribution in [0.25, 0.3) is 11.1 Å². The lowest BCUT2D eigenvalue weighted by molar-refractivity contribution is 0.307. The van der Waals surface area contributed by atoms with E-state index in [-0.39, 0.29) is 0 Å². The molecule has 0 spiro atoms. The summed E-state index contributed by atoms with van der Waals surface area (Å²) in [7, 11) is 2.24. The van der Waals surface area contributed by atoms with E-state index in [1.54, 1.807) is 12.3 Å². The molecule has 2 aliphatic rings. The quantitative estimate of drug-likeness (QED) is 0.792. The first-order valence-electron chi connectivity index (χ1n) is 7.51. The lowest BCUT2D eigenvalue weighted by atomic mass is 9.84. The molecule has 4 heterocycles. The first-order valence-corrected chi connectivity index (χ1v) is 7.51. The van der Waals surface area contributed by atoms with Gasteiger partial charge < -0.3 is 0 Å². The van der Waals surface area contributed by atoms with Gasteiger partial charge in [-0.2, -0.15) is 4.39 Å². The third kappa shape index (κ3) is 2.14. The maximum absolute atomic E-state index is 12.9. The Morgan fingerprint density at radius 2 is 2.05 bits per heavy atom. The monoisotopic (exact) mass is 282 g/mol. The van der Waals surface area contributed by atoms with Crippen molar-refractivity contribution in [1.29, 1.82) is 0 Å². The topological polar surface area (TPSA) is 29.0 Å². The highest BCUT2D eigenvalue weighted by Crippen LogP contribution is 2.45. The van der Waals surface area contributed by atoms with E-state index >= 15 is 0 Å². The van der Waals surface area contributed by atoms with E-state index in [1.165, 1.54) is 30.9 Å². The summed E-state index contributed by atoms with van der Waals surface area (Å²) in [6, 6.07) is 6.74. The minimum atomic E-state index is -0.447. The predicted octanol–water partition coefficient (Wildman–Crippen LogP) is 3.23. The molecule has 3 nitrogen and oxygen atoms in total. The van der Waals surface area contributed by atoms with Crippen LogP contribution in [0.2, 0.25) is 0 Å². The Labute approximate surface area is 123 Å². The van der Waals surface area contributed by atoms with Gasteiger partial charge in [-0.25, -0.2) is 4.98 Å². The highest BCUT2D eigenvalue weighted by molar-refractivity contribution is 5.62. The minimum Gasteiger partial charge on any atom is -0.300 e. The van der Waals surface area contributed by atoms with Crippen LogP contribution < -0.4 is 0 Å². The van der Waals surface area contributed by atoms with E-state index in [1.807, 2.05) is 12.4 Å². The molecule has 2 fully saturated rings. The van der Waals surface area contributed by atoms with Crippen molar-refractivity contribution < 1.29 is 4.39 Å². The molecule has 0 N–H and O–H groups in total. The molecular weight excluding hydrogens is 264 g/mol. The van der Waals surface area contributed by atoms with Gasteiger partial charge in [-0.15, -0.1) is 0 Å². The molecule has 21 heavy (non-hydrogen) atoms. The fourth-order valence-corrected chi connectivity index (χ4v) is 3.98. The largest absolute Gasteiger partial charge is 0.300 e. The number of nitrogens with zero attached hydrogens (tertiary/aromatic N) is 3. The lowest BCUT2D eigenvalue weighted by Gasteiger charge is -2.22. The van der Waals surface area contributed by atoms with Crippen LogP contribution in [0.3, 0.4) is 0 Å². The molecule has 4 heteroatoms. The molecular formula is C17H18FN3. The summed E-state index contributed by atoms with van der Waals surface area (Å²) in [5.41, 5.74) is 3.24. The summed E-state index contributed by atoms with van der Waals surface area (Å²) in [4.78, 5) is 10.7. The summed E-state index contributed by atoms with van der Waals surface area (Å²) in [6.07, 6.45) is 9.23. The minimum absolute atomic E-state index is 0.447. The van der Waals surface area contributed by atoms with E-state index in [2.05, 4.69) is 28.0 Å². The first-order chi connectivity index (χ1) is 10.2. The van der Waals surface area contributed by atoms with Crippen LogP contribution >= 0.6 is 0 Å². The summed E-state index contributed by atoms with van der Waals surface area (Å²) >= 11 is 0. The van der Waals surface area contributed by atoms with Crippen LogP contribution in [-0.4, -0.2) is 34.0 Å². The van der Waals surface area contributed by atoms with Gasteiger partial charge in [0.25, 0.3) is 0 Å². The van der Waals surface area contributed by atoms with Gasteiger partial charge in [0.2, 0.25) is 5.95 Å². The van der Waals surface area contributed by atoms with Gasteiger partial charge in [0.1, 0.15) is 0 Å². The summed E-state index contributed by atoms with van der Waals surface area (Å²) in [5.74, 6) is 0.132. The molecule has 3 atom stereocenters. The van der Waals surface area contributed by atoms with Crippen molar-refractivity contribution in [2.45, 2.75) is 37.3 Å². The third-order valence-corrected chi connectivity index (χ3v) is 5.13. The molecule has 4 rings (SSSR count). The van der Waals surface area contributed by atoms with Gasteiger partial charge in [-0.05, 0) is 50.1 Å². The lowest BCUT2D eigenvalue weighted by Crippen LogP contribution is -2.25.